The van der Waals surface area contributed by atoms with Crippen LogP contribution in [0.4, 0.5) is 5.69 Å². The first-order chi connectivity index (χ1) is 9.22. The Labute approximate surface area is 120 Å². The van der Waals surface area contributed by atoms with Gasteiger partial charge in [-0.3, -0.25) is 14.4 Å². The van der Waals surface area contributed by atoms with Gasteiger partial charge in [0.05, 0.1) is 5.75 Å². The summed E-state index contributed by atoms with van der Waals surface area (Å²) in [5.41, 5.74) is 5.98. The number of nitrogens with two attached hydrogens (primary N) is 1. The van der Waals surface area contributed by atoms with E-state index in [-0.39, 0.29) is 11.7 Å². The lowest BCUT2D eigenvalue weighted by Crippen LogP contribution is -2.29. The van der Waals surface area contributed by atoms with Crippen LogP contribution in [0, 0.1) is 0 Å². The van der Waals surface area contributed by atoms with Crippen molar-refractivity contribution in [1.29, 1.82) is 0 Å². The number of aliphatic carboxylic acids is 1. The van der Waals surface area contributed by atoms with Gasteiger partial charge in [0.2, 0.25) is 11.8 Å². The number of carbonyl (C=O) groups is 3. The molecule has 6 nitrogen and oxygen atoms in total. The number of anilines is 1. The molecule has 0 unspecified atom stereocenters. The van der Waals surface area contributed by atoms with Gasteiger partial charge < -0.3 is 16.2 Å². The number of hydrogen-bond acceptors (Lipinski definition) is 4. The SMILES string of the molecule is CC(C)(SCC(=O)Nc1ccc(C(N)=O)cc1)C(=O)O. The normalized spacial score (nSPS) is 10.9. The van der Waals surface area contributed by atoms with Crippen LogP contribution < -0.4 is 11.1 Å². The van der Waals surface area contributed by atoms with Gasteiger partial charge in [0.25, 0.3) is 0 Å². The summed E-state index contributed by atoms with van der Waals surface area (Å²) in [6.07, 6.45) is 0. The number of primary amides is 1. The summed E-state index contributed by atoms with van der Waals surface area (Å²) in [6.45, 7) is 3.07. The highest BCUT2D eigenvalue weighted by atomic mass is 32.2. The molecular weight excluding hydrogens is 280 g/mol. The molecule has 0 fully saturated rings. The quantitative estimate of drug-likeness (QED) is 0.733. The maximum Gasteiger partial charge on any atom is 0.319 e. The molecule has 0 heterocycles. The molecule has 0 aliphatic carbocycles. The highest BCUT2D eigenvalue weighted by Gasteiger charge is 2.28. The van der Waals surface area contributed by atoms with E-state index in [2.05, 4.69) is 5.32 Å². The molecule has 20 heavy (non-hydrogen) atoms. The molecule has 0 aliphatic heterocycles. The topological polar surface area (TPSA) is 109 Å². The molecule has 1 rings (SSSR count). The standard InChI is InChI=1S/C13H16N2O4S/c1-13(2,12(18)19)20-7-10(16)15-9-5-3-8(4-6-9)11(14)17/h3-6H,7H2,1-2H3,(H2,14,17)(H,15,16)(H,18,19). The fourth-order valence-electron chi connectivity index (χ4n) is 1.22. The van der Waals surface area contributed by atoms with Crippen molar-refractivity contribution in [1.82, 2.24) is 0 Å². The summed E-state index contributed by atoms with van der Waals surface area (Å²) in [7, 11) is 0. The molecule has 0 bridgehead atoms. The molecule has 0 aromatic heterocycles. The Bertz CT molecular complexity index is 526. The summed E-state index contributed by atoms with van der Waals surface area (Å²) in [5, 5.41) is 11.5. The predicted octanol–water partition coefficient (Wildman–Crippen LogP) is 1.32. The molecule has 1 aromatic rings. The Balaban J connectivity index is 2.54. The van der Waals surface area contributed by atoms with Crippen molar-refractivity contribution in [2.45, 2.75) is 18.6 Å². The average Bonchev–Trinajstić information content (AvgIpc) is 2.37. The second-order valence-corrected chi connectivity index (χ2v) is 6.19. The van der Waals surface area contributed by atoms with E-state index in [0.717, 1.165) is 11.8 Å². The van der Waals surface area contributed by atoms with Crippen LogP contribution in [-0.4, -0.2) is 33.4 Å². The number of carboxylic acid groups (broad SMARTS) is 1. The number of carboxylic acids is 1. The van der Waals surface area contributed by atoms with E-state index in [9.17, 15) is 14.4 Å². The molecule has 0 radical (unpaired) electrons. The van der Waals surface area contributed by atoms with Crippen LogP contribution in [0.5, 0.6) is 0 Å². The zero-order valence-electron chi connectivity index (χ0n) is 11.2. The molecule has 2 amide bonds. The first kappa shape index (κ1) is 16.0. The monoisotopic (exact) mass is 296 g/mol. The van der Waals surface area contributed by atoms with Crippen LogP contribution in [0.2, 0.25) is 0 Å². The van der Waals surface area contributed by atoms with Crippen molar-refractivity contribution in [3.63, 3.8) is 0 Å². The molecular formula is C13H16N2O4S. The molecule has 0 saturated heterocycles. The number of amides is 2. The third kappa shape index (κ3) is 4.58. The van der Waals surface area contributed by atoms with Crippen LogP contribution in [0.25, 0.3) is 0 Å². The van der Waals surface area contributed by atoms with Gasteiger partial charge in [0.15, 0.2) is 0 Å². The van der Waals surface area contributed by atoms with E-state index in [0.29, 0.717) is 11.3 Å². The zero-order chi connectivity index (χ0) is 15.3. The fourth-order valence-corrected chi connectivity index (χ4v) is 1.91. The summed E-state index contributed by atoms with van der Waals surface area (Å²) in [5.74, 6) is -1.80. The van der Waals surface area contributed by atoms with E-state index in [1.165, 1.54) is 26.0 Å². The highest BCUT2D eigenvalue weighted by Crippen LogP contribution is 2.24. The van der Waals surface area contributed by atoms with E-state index in [1.807, 2.05) is 0 Å². The van der Waals surface area contributed by atoms with Gasteiger partial charge in [-0.15, -0.1) is 11.8 Å². The van der Waals surface area contributed by atoms with E-state index < -0.39 is 16.6 Å². The minimum absolute atomic E-state index is 0.0247. The number of benzene rings is 1. The smallest absolute Gasteiger partial charge is 0.319 e. The lowest BCUT2D eigenvalue weighted by Gasteiger charge is -2.17. The molecule has 7 heteroatoms. The van der Waals surface area contributed by atoms with Crippen LogP contribution in [0.1, 0.15) is 24.2 Å². The van der Waals surface area contributed by atoms with Gasteiger partial charge in [0, 0.05) is 11.3 Å². The van der Waals surface area contributed by atoms with Gasteiger partial charge in [0.1, 0.15) is 4.75 Å². The number of rotatable bonds is 6. The molecule has 0 spiro atoms. The zero-order valence-corrected chi connectivity index (χ0v) is 12.0. The van der Waals surface area contributed by atoms with Gasteiger partial charge in [-0.25, -0.2) is 0 Å². The van der Waals surface area contributed by atoms with Gasteiger partial charge in [-0.1, -0.05) is 0 Å². The first-order valence-corrected chi connectivity index (χ1v) is 6.78. The summed E-state index contributed by atoms with van der Waals surface area (Å²) in [6, 6.07) is 6.13. The minimum Gasteiger partial charge on any atom is -0.480 e. The molecule has 0 aliphatic rings. The number of hydrogen-bond donors (Lipinski definition) is 3. The van der Waals surface area contributed by atoms with Crippen molar-refractivity contribution < 1.29 is 19.5 Å². The molecule has 0 saturated carbocycles. The second kappa shape index (κ2) is 6.42. The Hall–Kier alpha value is -2.02. The number of thioether (sulfide) groups is 1. The summed E-state index contributed by atoms with van der Waals surface area (Å²) in [4.78, 5) is 33.5. The lowest BCUT2D eigenvalue weighted by molar-refractivity contribution is -0.138. The summed E-state index contributed by atoms with van der Waals surface area (Å²) >= 11 is 1.04. The number of nitrogens with one attached hydrogen (secondary N) is 1. The van der Waals surface area contributed by atoms with Crippen LogP contribution in [0.15, 0.2) is 24.3 Å². The Kier molecular flexibility index (Phi) is 5.15. The Morgan fingerprint density at radius 1 is 1.25 bits per heavy atom. The summed E-state index contributed by atoms with van der Waals surface area (Å²) < 4.78 is -1.02. The van der Waals surface area contributed by atoms with Crippen LogP contribution in [0.3, 0.4) is 0 Å². The van der Waals surface area contributed by atoms with Gasteiger partial charge in [-0.2, -0.15) is 0 Å². The Morgan fingerprint density at radius 3 is 2.25 bits per heavy atom. The van der Waals surface area contributed by atoms with E-state index >= 15 is 0 Å². The van der Waals surface area contributed by atoms with Crippen molar-refractivity contribution in [2.75, 3.05) is 11.1 Å². The van der Waals surface area contributed by atoms with Crippen LogP contribution in [-0.2, 0) is 9.59 Å². The van der Waals surface area contributed by atoms with Crippen LogP contribution >= 0.6 is 11.8 Å². The average molecular weight is 296 g/mol. The van der Waals surface area contributed by atoms with Gasteiger partial charge >= 0.3 is 5.97 Å². The molecule has 108 valence electrons. The third-order valence-electron chi connectivity index (χ3n) is 2.53. The largest absolute Gasteiger partial charge is 0.480 e. The second-order valence-electron chi connectivity index (χ2n) is 4.59. The third-order valence-corrected chi connectivity index (χ3v) is 3.84. The lowest BCUT2D eigenvalue weighted by atomic mass is 10.2. The van der Waals surface area contributed by atoms with E-state index in [4.69, 9.17) is 10.8 Å². The number of carbonyl (C=O) groups excluding carboxylic acids is 2. The van der Waals surface area contributed by atoms with E-state index in [1.54, 1.807) is 12.1 Å². The fraction of sp³-hybridized carbons (Fsp3) is 0.308. The highest BCUT2D eigenvalue weighted by molar-refractivity contribution is 8.02. The Morgan fingerprint density at radius 2 is 1.80 bits per heavy atom. The maximum absolute atomic E-state index is 11.7. The van der Waals surface area contributed by atoms with Crippen molar-refractivity contribution in [3.8, 4) is 0 Å². The van der Waals surface area contributed by atoms with Crippen molar-refractivity contribution >= 4 is 35.2 Å². The predicted molar refractivity (Wildman–Crippen MR) is 77.8 cm³/mol. The van der Waals surface area contributed by atoms with Gasteiger partial charge in [-0.05, 0) is 38.1 Å². The molecule has 4 N–H and O–H groups in total. The first-order valence-electron chi connectivity index (χ1n) is 5.79. The van der Waals surface area contributed by atoms with Crippen molar-refractivity contribution in [3.05, 3.63) is 29.8 Å². The maximum atomic E-state index is 11.7. The molecule has 1 aromatic carbocycles. The minimum atomic E-state index is -1.02. The van der Waals surface area contributed by atoms with Crippen molar-refractivity contribution in [2.24, 2.45) is 5.73 Å². The molecule has 0 atom stereocenters.